The number of hydrogen-bond donors (Lipinski definition) is 1. The molecule has 1 N–H and O–H groups in total. The summed E-state index contributed by atoms with van der Waals surface area (Å²) in [6.07, 6.45) is 6.76. The molecule has 1 nitrogen and oxygen atoms in total. The van der Waals surface area contributed by atoms with Crippen LogP contribution in [0.5, 0.6) is 0 Å². The highest BCUT2D eigenvalue weighted by molar-refractivity contribution is 9.10. The van der Waals surface area contributed by atoms with Gasteiger partial charge >= 0.3 is 0 Å². The van der Waals surface area contributed by atoms with E-state index in [1.165, 1.54) is 48.4 Å². The van der Waals surface area contributed by atoms with E-state index in [1.54, 1.807) is 0 Å². The summed E-state index contributed by atoms with van der Waals surface area (Å²) in [5.41, 5.74) is 1.45. The summed E-state index contributed by atoms with van der Waals surface area (Å²) >= 11 is 3.55. The van der Waals surface area contributed by atoms with E-state index < -0.39 is 0 Å². The molecular weight excluding hydrogens is 322 g/mol. The van der Waals surface area contributed by atoms with Crippen LogP contribution >= 0.6 is 15.9 Å². The number of rotatable bonds is 6. The van der Waals surface area contributed by atoms with Crippen molar-refractivity contribution in [2.24, 2.45) is 5.92 Å². The van der Waals surface area contributed by atoms with Gasteiger partial charge in [-0.05, 0) is 59.8 Å². The maximum atomic E-state index is 3.75. The van der Waals surface area contributed by atoms with E-state index in [0.717, 1.165) is 16.9 Å². The van der Waals surface area contributed by atoms with Crippen molar-refractivity contribution < 1.29 is 0 Å². The minimum atomic E-state index is 0.517. The largest absolute Gasteiger partial charge is 0.310 e. The number of halogens is 1. The second-order valence-corrected chi connectivity index (χ2v) is 7.21. The Labute approximate surface area is 136 Å². The zero-order valence-corrected chi connectivity index (χ0v) is 14.3. The fourth-order valence-corrected chi connectivity index (χ4v) is 3.55. The Bertz CT molecular complexity index is 604. The Morgan fingerprint density at radius 2 is 1.90 bits per heavy atom. The van der Waals surface area contributed by atoms with Crippen molar-refractivity contribution in [2.45, 2.75) is 45.1 Å². The molecular formula is C19H24BrN. The van der Waals surface area contributed by atoms with Crippen molar-refractivity contribution >= 4 is 26.7 Å². The van der Waals surface area contributed by atoms with Crippen LogP contribution < -0.4 is 5.32 Å². The Morgan fingerprint density at radius 3 is 2.62 bits per heavy atom. The Morgan fingerprint density at radius 1 is 1.14 bits per heavy atom. The topological polar surface area (TPSA) is 12.0 Å². The average Bonchev–Trinajstić information content (AvgIpc) is 2.45. The normalized spacial score (nSPS) is 16.9. The molecule has 2 aromatic carbocycles. The van der Waals surface area contributed by atoms with Gasteiger partial charge in [-0.25, -0.2) is 0 Å². The zero-order chi connectivity index (χ0) is 14.7. The molecule has 3 rings (SSSR count). The summed E-state index contributed by atoms with van der Waals surface area (Å²) in [4.78, 5) is 0. The van der Waals surface area contributed by atoms with Crippen molar-refractivity contribution in [3.05, 3.63) is 46.4 Å². The average molecular weight is 346 g/mol. The van der Waals surface area contributed by atoms with Gasteiger partial charge in [0.25, 0.3) is 0 Å². The van der Waals surface area contributed by atoms with Crippen molar-refractivity contribution in [3.8, 4) is 0 Å². The number of benzene rings is 2. The molecule has 1 aliphatic carbocycles. The fourth-order valence-electron chi connectivity index (χ4n) is 3.17. The van der Waals surface area contributed by atoms with Crippen LogP contribution in [0.1, 0.15) is 50.6 Å². The van der Waals surface area contributed by atoms with E-state index in [4.69, 9.17) is 0 Å². The molecule has 1 saturated carbocycles. The predicted octanol–water partition coefficient (Wildman–Crippen LogP) is 5.83. The molecule has 0 spiro atoms. The first kappa shape index (κ1) is 15.1. The second-order valence-electron chi connectivity index (χ2n) is 6.29. The molecule has 1 aliphatic rings. The minimum absolute atomic E-state index is 0.517. The summed E-state index contributed by atoms with van der Waals surface area (Å²) < 4.78 is 1.15. The van der Waals surface area contributed by atoms with Crippen molar-refractivity contribution in [1.29, 1.82) is 0 Å². The van der Waals surface area contributed by atoms with Gasteiger partial charge < -0.3 is 5.32 Å². The first-order chi connectivity index (χ1) is 10.3. The monoisotopic (exact) mass is 345 g/mol. The second kappa shape index (κ2) is 6.93. The van der Waals surface area contributed by atoms with E-state index in [1.807, 2.05) is 0 Å². The lowest BCUT2D eigenvalue weighted by Crippen LogP contribution is -2.26. The molecule has 2 aromatic rings. The molecule has 0 amide bonds. The van der Waals surface area contributed by atoms with Crippen LogP contribution in [0, 0.1) is 5.92 Å². The molecule has 1 atom stereocenters. The van der Waals surface area contributed by atoms with Gasteiger partial charge in [0.1, 0.15) is 0 Å². The molecule has 1 fully saturated rings. The van der Waals surface area contributed by atoms with Gasteiger partial charge in [0.05, 0.1) is 0 Å². The summed E-state index contributed by atoms with van der Waals surface area (Å²) in [7, 11) is 0. The summed E-state index contributed by atoms with van der Waals surface area (Å²) in [6.45, 7) is 3.35. The maximum absolute atomic E-state index is 3.75. The van der Waals surface area contributed by atoms with Crippen LogP contribution in [-0.2, 0) is 0 Å². The van der Waals surface area contributed by atoms with Crippen LogP contribution in [0.4, 0.5) is 0 Å². The lowest BCUT2D eigenvalue weighted by atomic mass is 9.79. The highest BCUT2D eigenvalue weighted by Gasteiger charge is 2.22. The third-order valence-corrected chi connectivity index (χ3v) is 5.16. The van der Waals surface area contributed by atoms with E-state index in [-0.39, 0.29) is 0 Å². The van der Waals surface area contributed by atoms with Crippen LogP contribution in [0.15, 0.2) is 40.9 Å². The predicted molar refractivity (Wildman–Crippen MR) is 94.6 cm³/mol. The molecule has 0 radical (unpaired) electrons. The lowest BCUT2D eigenvalue weighted by Gasteiger charge is -2.30. The van der Waals surface area contributed by atoms with Gasteiger partial charge in [-0.3, -0.25) is 0 Å². The van der Waals surface area contributed by atoms with Crippen molar-refractivity contribution in [1.82, 2.24) is 5.32 Å². The Hall–Kier alpha value is -0.860. The Kier molecular flexibility index (Phi) is 4.97. The quantitative estimate of drug-likeness (QED) is 0.693. The van der Waals surface area contributed by atoms with Crippen LogP contribution in [-0.4, -0.2) is 6.54 Å². The molecule has 0 aliphatic heterocycles. The number of fused-ring (bicyclic) bond motifs is 1. The number of nitrogens with one attached hydrogen (secondary N) is 1. The minimum Gasteiger partial charge on any atom is -0.310 e. The summed E-state index contributed by atoms with van der Waals surface area (Å²) in [6, 6.07) is 14.0. The first-order valence-corrected chi connectivity index (χ1v) is 8.98. The molecule has 0 aromatic heterocycles. The SMILES string of the molecule is CCCNC(CC1CCC1)c1ccc2cc(Br)ccc2c1. The van der Waals surface area contributed by atoms with E-state index in [2.05, 4.69) is 64.6 Å². The molecule has 21 heavy (non-hydrogen) atoms. The smallest absolute Gasteiger partial charge is 0.0323 e. The van der Waals surface area contributed by atoms with Gasteiger partial charge in [0.2, 0.25) is 0 Å². The van der Waals surface area contributed by atoms with E-state index in [9.17, 15) is 0 Å². The first-order valence-electron chi connectivity index (χ1n) is 8.19. The van der Waals surface area contributed by atoms with Crippen LogP contribution in [0.25, 0.3) is 10.8 Å². The molecule has 0 saturated heterocycles. The summed E-state index contributed by atoms with van der Waals surface area (Å²) in [5.74, 6) is 0.931. The molecule has 0 bridgehead atoms. The van der Waals surface area contributed by atoms with Gasteiger partial charge in [0, 0.05) is 10.5 Å². The van der Waals surface area contributed by atoms with Crippen LogP contribution in [0.2, 0.25) is 0 Å². The third-order valence-electron chi connectivity index (χ3n) is 4.66. The molecule has 0 heterocycles. The third kappa shape index (κ3) is 3.67. The zero-order valence-electron chi connectivity index (χ0n) is 12.7. The van der Waals surface area contributed by atoms with Crippen molar-refractivity contribution in [2.75, 3.05) is 6.54 Å². The van der Waals surface area contributed by atoms with E-state index >= 15 is 0 Å². The lowest BCUT2D eigenvalue weighted by molar-refractivity contribution is 0.261. The Balaban J connectivity index is 1.84. The highest BCUT2D eigenvalue weighted by Crippen LogP contribution is 2.35. The van der Waals surface area contributed by atoms with Crippen molar-refractivity contribution in [3.63, 3.8) is 0 Å². The van der Waals surface area contributed by atoms with Gasteiger partial charge in [0.15, 0.2) is 0 Å². The molecule has 2 heteroatoms. The van der Waals surface area contributed by atoms with Gasteiger partial charge in [-0.2, -0.15) is 0 Å². The van der Waals surface area contributed by atoms with Gasteiger partial charge in [-0.15, -0.1) is 0 Å². The van der Waals surface area contributed by atoms with E-state index in [0.29, 0.717) is 6.04 Å². The fraction of sp³-hybridized carbons (Fsp3) is 0.474. The number of hydrogen-bond acceptors (Lipinski definition) is 1. The summed E-state index contributed by atoms with van der Waals surface area (Å²) in [5, 5.41) is 6.40. The standard InChI is InChI=1S/C19H24BrN/c1-2-10-21-19(11-14-4-3-5-14)17-7-6-16-13-18(20)9-8-15(16)12-17/h6-9,12-14,19,21H,2-5,10-11H2,1H3. The van der Waals surface area contributed by atoms with Crippen LogP contribution in [0.3, 0.4) is 0 Å². The molecule has 1 unspecified atom stereocenters. The van der Waals surface area contributed by atoms with Gasteiger partial charge in [-0.1, -0.05) is 60.3 Å². The highest BCUT2D eigenvalue weighted by atomic mass is 79.9. The molecule has 112 valence electrons. The maximum Gasteiger partial charge on any atom is 0.0323 e.